The van der Waals surface area contributed by atoms with Crippen LogP contribution in [-0.2, 0) is 5.75 Å². The van der Waals surface area contributed by atoms with E-state index in [4.69, 9.17) is 0 Å². The molecule has 0 fully saturated rings. The van der Waals surface area contributed by atoms with Crippen LogP contribution in [0.5, 0.6) is 0 Å². The van der Waals surface area contributed by atoms with Crippen LogP contribution >= 0.6 is 24.0 Å². The van der Waals surface area contributed by atoms with E-state index in [0.29, 0.717) is 0 Å². The second-order valence-electron chi connectivity index (χ2n) is 3.25. The summed E-state index contributed by atoms with van der Waals surface area (Å²) in [4.78, 5) is 1.36. The Balaban J connectivity index is 2.52. The lowest BCUT2D eigenvalue weighted by Gasteiger charge is -2.01. The molecule has 2 aromatic rings. The Morgan fingerprint density at radius 1 is 1.21 bits per heavy atom. The first kappa shape index (κ1) is 9.81. The first-order chi connectivity index (χ1) is 6.83. The van der Waals surface area contributed by atoms with Crippen LogP contribution in [-0.4, -0.2) is 0 Å². The molecule has 0 spiro atoms. The van der Waals surface area contributed by atoms with E-state index in [1.54, 1.807) is 11.3 Å². The summed E-state index contributed by atoms with van der Waals surface area (Å²) in [6.45, 7) is 2.15. The molecule has 0 atom stereocenters. The summed E-state index contributed by atoms with van der Waals surface area (Å²) < 4.78 is 0. The molecule has 14 heavy (non-hydrogen) atoms. The van der Waals surface area contributed by atoms with Gasteiger partial charge in [0.25, 0.3) is 0 Å². The van der Waals surface area contributed by atoms with Crippen molar-refractivity contribution in [3.05, 3.63) is 46.8 Å². The summed E-state index contributed by atoms with van der Waals surface area (Å²) in [7, 11) is 0. The third kappa shape index (κ3) is 1.72. The van der Waals surface area contributed by atoms with Crippen molar-refractivity contribution in [3.8, 4) is 10.4 Å². The van der Waals surface area contributed by atoms with Gasteiger partial charge in [-0.3, -0.25) is 0 Å². The highest BCUT2D eigenvalue weighted by atomic mass is 32.1. The van der Waals surface area contributed by atoms with Gasteiger partial charge in [-0.05, 0) is 29.0 Å². The molecule has 0 bridgehead atoms. The molecule has 2 rings (SSSR count). The van der Waals surface area contributed by atoms with E-state index >= 15 is 0 Å². The van der Waals surface area contributed by atoms with Crippen molar-refractivity contribution in [2.45, 2.75) is 12.7 Å². The van der Waals surface area contributed by atoms with Crippen LogP contribution in [0.1, 0.15) is 11.1 Å². The van der Waals surface area contributed by atoms with Crippen molar-refractivity contribution in [2.75, 3.05) is 0 Å². The van der Waals surface area contributed by atoms with Crippen molar-refractivity contribution in [1.29, 1.82) is 0 Å². The molecule has 0 aliphatic carbocycles. The molecular weight excluding hydrogens is 208 g/mol. The lowest BCUT2D eigenvalue weighted by atomic mass is 10.1. The molecule has 0 nitrogen and oxygen atoms in total. The smallest absolute Gasteiger partial charge is 0.0385 e. The zero-order valence-electron chi connectivity index (χ0n) is 8.03. The first-order valence-corrected chi connectivity index (χ1v) is 6.07. The maximum Gasteiger partial charge on any atom is 0.0385 e. The molecule has 0 saturated carbocycles. The highest BCUT2D eigenvalue weighted by Gasteiger charge is 2.08. The number of thiol groups is 1. The van der Waals surface area contributed by atoms with Crippen LogP contribution in [0.25, 0.3) is 10.4 Å². The van der Waals surface area contributed by atoms with E-state index in [-0.39, 0.29) is 0 Å². The van der Waals surface area contributed by atoms with Crippen LogP contribution < -0.4 is 0 Å². The van der Waals surface area contributed by atoms with Gasteiger partial charge >= 0.3 is 0 Å². The van der Waals surface area contributed by atoms with Crippen molar-refractivity contribution in [3.63, 3.8) is 0 Å². The Morgan fingerprint density at radius 3 is 2.57 bits per heavy atom. The molecule has 0 amide bonds. The van der Waals surface area contributed by atoms with Crippen LogP contribution in [0, 0.1) is 6.92 Å². The second-order valence-corrected chi connectivity index (χ2v) is 4.45. The number of hydrogen-bond donors (Lipinski definition) is 1. The summed E-state index contributed by atoms with van der Waals surface area (Å²) in [5.74, 6) is 0.819. The molecule has 0 saturated heterocycles. The summed E-state index contributed by atoms with van der Waals surface area (Å²) in [5, 5.41) is 2.20. The molecule has 0 N–H and O–H groups in total. The van der Waals surface area contributed by atoms with Gasteiger partial charge in [0.05, 0.1) is 0 Å². The zero-order valence-corrected chi connectivity index (χ0v) is 9.74. The van der Waals surface area contributed by atoms with Crippen LogP contribution in [0.2, 0.25) is 0 Å². The fourth-order valence-corrected chi connectivity index (χ4v) is 3.10. The number of thiophene rings is 1. The molecule has 1 aromatic carbocycles. The highest BCUT2D eigenvalue weighted by Crippen LogP contribution is 2.33. The van der Waals surface area contributed by atoms with Crippen molar-refractivity contribution in [1.82, 2.24) is 0 Å². The average molecular weight is 220 g/mol. The van der Waals surface area contributed by atoms with Gasteiger partial charge in [-0.25, -0.2) is 0 Å². The fourth-order valence-electron chi connectivity index (χ4n) is 1.50. The third-order valence-corrected chi connectivity index (χ3v) is 3.80. The summed E-state index contributed by atoms with van der Waals surface area (Å²) >= 11 is 6.18. The molecule has 2 heteroatoms. The van der Waals surface area contributed by atoms with Crippen molar-refractivity contribution < 1.29 is 0 Å². The lowest BCUT2D eigenvalue weighted by Crippen LogP contribution is -1.81. The van der Waals surface area contributed by atoms with Gasteiger partial charge in [-0.2, -0.15) is 12.6 Å². The third-order valence-electron chi connectivity index (χ3n) is 2.30. The van der Waals surface area contributed by atoms with Gasteiger partial charge in [0, 0.05) is 10.6 Å². The van der Waals surface area contributed by atoms with Gasteiger partial charge in [0.2, 0.25) is 0 Å². The summed E-state index contributed by atoms with van der Waals surface area (Å²) in [5.41, 5.74) is 4.02. The van der Waals surface area contributed by atoms with Gasteiger partial charge in [0.1, 0.15) is 0 Å². The summed E-state index contributed by atoms with van der Waals surface area (Å²) in [6.07, 6.45) is 0. The SMILES string of the molecule is Cc1csc(-c2ccccc2)c1CS. The largest absolute Gasteiger partial charge is 0.174 e. The zero-order chi connectivity index (χ0) is 9.97. The van der Waals surface area contributed by atoms with Crippen LogP contribution in [0.3, 0.4) is 0 Å². The molecule has 0 aliphatic heterocycles. The average Bonchev–Trinajstić information content (AvgIpc) is 2.61. The quantitative estimate of drug-likeness (QED) is 0.722. The normalized spacial score (nSPS) is 10.4. The predicted molar refractivity (Wildman–Crippen MR) is 67.2 cm³/mol. The van der Waals surface area contributed by atoms with E-state index in [9.17, 15) is 0 Å². The molecule has 0 unspecified atom stereocenters. The number of aryl methyl sites for hydroxylation is 1. The van der Waals surface area contributed by atoms with E-state index in [1.165, 1.54) is 21.6 Å². The fraction of sp³-hybridized carbons (Fsp3) is 0.167. The van der Waals surface area contributed by atoms with Gasteiger partial charge in [0.15, 0.2) is 0 Å². The minimum absolute atomic E-state index is 0.819. The Bertz CT molecular complexity index is 415. The molecule has 1 heterocycles. The lowest BCUT2D eigenvalue weighted by molar-refractivity contribution is 1.37. The van der Waals surface area contributed by atoms with Gasteiger partial charge < -0.3 is 0 Å². The van der Waals surface area contributed by atoms with Crippen LogP contribution in [0.4, 0.5) is 0 Å². The van der Waals surface area contributed by atoms with E-state index < -0.39 is 0 Å². The summed E-state index contributed by atoms with van der Waals surface area (Å²) in [6, 6.07) is 10.5. The Hall–Kier alpha value is -0.730. The molecule has 1 aromatic heterocycles. The van der Waals surface area contributed by atoms with Crippen molar-refractivity contribution >= 4 is 24.0 Å². The minimum Gasteiger partial charge on any atom is -0.174 e. The van der Waals surface area contributed by atoms with Gasteiger partial charge in [-0.15, -0.1) is 11.3 Å². The molecule has 72 valence electrons. The maximum atomic E-state index is 4.37. The monoisotopic (exact) mass is 220 g/mol. The maximum absolute atomic E-state index is 4.37. The van der Waals surface area contributed by atoms with E-state index in [1.807, 2.05) is 6.07 Å². The Morgan fingerprint density at radius 2 is 1.93 bits per heavy atom. The first-order valence-electron chi connectivity index (χ1n) is 4.56. The molecule has 0 radical (unpaired) electrons. The molecule has 0 aliphatic rings. The number of benzene rings is 1. The van der Waals surface area contributed by atoms with E-state index in [2.05, 4.69) is 49.2 Å². The van der Waals surface area contributed by atoms with E-state index in [0.717, 1.165) is 5.75 Å². The molecular formula is C12H12S2. The minimum atomic E-state index is 0.819. The topological polar surface area (TPSA) is 0 Å². The van der Waals surface area contributed by atoms with Gasteiger partial charge in [-0.1, -0.05) is 30.3 Å². The standard InChI is InChI=1S/C12H12S2/c1-9-8-14-12(11(9)7-13)10-5-3-2-4-6-10/h2-6,8,13H,7H2,1H3. The predicted octanol–water partition coefficient (Wildman–Crippen LogP) is 4.15. The highest BCUT2D eigenvalue weighted by molar-refractivity contribution is 7.79. The Labute approximate surface area is 94.0 Å². The number of hydrogen-bond acceptors (Lipinski definition) is 2. The van der Waals surface area contributed by atoms with Crippen LogP contribution in [0.15, 0.2) is 35.7 Å². The van der Waals surface area contributed by atoms with Crippen molar-refractivity contribution in [2.24, 2.45) is 0 Å². The Kier molecular flexibility index (Phi) is 2.94. The second kappa shape index (κ2) is 4.20. The number of rotatable bonds is 2.